The Kier molecular flexibility index (Phi) is 2.45. The van der Waals surface area contributed by atoms with Crippen molar-refractivity contribution in [1.82, 2.24) is 15.5 Å². The van der Waals surface area contributed by atoms with Crippen LogP contribution < -0.4 is 5.32 Å². The van der Waals surface area contributed by atoms with Crippen molar-refractivity contribution in [3.8, 4) is 0 Å². The third kappa shape index (κ3) is 1.79. The molecule has 2 aliphatic rings. The van der Waals surface area contributed by atoms with E-state index in [1.807, 2.05) is 0 Å². The van der Waals surface area contributed by atoms with Crippen LogP contribution in [0.5, 0.6) is 0 Å². The molecule has 3 nitrogen and oxygen atoms in total. The van der Waals surface area contributed by atoms with Crippen LogP contribution in [0.2, 0.25) is 5.02 Å². The second kappa shape index (κ2) is 3.80. The molecule has 1 aromatic heterocycles. The Labute approximate surface area is 94.6 Å². The number of H-pyrrole nitrogens is 1. The van der Waals surface area contributed by atoms with Crippen molar-refractivity contribution >= 4 is 11.6 Å². The van der Waals surface area contributed by atoms with Crippen LogP contribution in [0.4, 0.5) is 0 Å². The summed E-state index contributed by atoms with van der Waals surface area (Å²) in [6.07, 6.45) is 6.24. The summed E-state index contributed by atoms with van der Waals surface area (Å²) >= 11 is 6.36. The van der Waals surface area contributed by atoms with Crippen LogP contribution >= 0.6 is 11.6 Å². The Morgan fingerprint density at radius 3 is 2.73 bits per heavy atom. The average molecular weight is 226 g/mol. The van der Waals surface area contributed by atoms with Gasteiger partial charge in [0.25, 0.3) is 0 Å². The topological polar surface area (TPSA) is 40.7 Å². The van der Waals surface area contributed by atoms with Gasteiger partial charge in [0.2, 0.25) is 0 Å². The molecule has 2 N–H and O–H groups in total. The number of hydrogen-bond acceptors (Lipinski definition) is 2. The third-order valence-corrected chi connectivity index (χ3v) is 3.78. The van der Waals surface area contributed by atoms with Gasteiger partial charge in [0.1, 0.15) is 0 Å². The van der Waals surface area contributed by atoms with E-state index in [0.717, 1.165) is 23.0 Å². The number of aromatic nitrogens is 2. The summed E-state index contributed by atoms with van der Waals surface area (Å²) in [5.74, 6) is 0.631. The second-order valence-electron chi connectivity index (χ2n) is 4.61. The van der Waals surface area contributed by atoms with Gasteiger partial charge < -0.3 is 5.32 Å². The SMILES string of the molecule is Clc1c(C2CC2)n[nH]c1C1CCCCN1. The maximum absolute atomic E-state index is 6.36. The molecule has 1 saturated heterocycles. The monoisotopic (exact) mass is 225 g/mol. The molecule has 1 atom stereocenters. The summed E-state index contributed by atoms with van der Waals surface area (Å²) in [6, 6.07) is 0.395. The van der Waals surface area contributed by atoms with Crippen molar-refractivity contribution in [3.63, 3.8) is 0 Å². The largest absolute Gasteiger partial charge is 0.309 e. The van der Waals surface area contributed by atoms with Gasteiger partial charge in [-0.25, -0.2) is 0 Å². The highest BCUT2D eigenvalue weighted by atomic mass is 35.5. The minimum absolute atomic E-state index is 0.395. The Morgan fingerprint density at radius 2 is 2.07 bits per heavy atom. The molecule has 2 fully saturated rings. The van der Waals surface area contributed by atoms with E-state index < -0.39 is 0 Å². The number of rotatable bonds is 2. The van der Waals surface area contributed by atoms with Gasteiger partial charge in [0, 0.05) is 5.92 Å². The van der Waals surface area contributed by atoms with E-state index in [2.05, 4.69) is 15.5 Å². The molecule has 0 radical (unpaired) electrons. The van der Waals surface area contributed by atoms with Gasteiger partial charge in [0.15, 0.2) is 0 Å². The number of nitrogens with zero attached hydrogens (tertiary/aromatic N) is 1. The molecule has 0 aromatic carbocycles. The van der Waals surface area contributed by atoms with E-state index in [9.17, 15) is 0 Å². The summed E-state index contributed by atoms with van der Waals surface area (Å²) in [5.41, 5.74) is 2.21. The molecule has 15 heavy (non-hydrogen) atoms. The van der Waals surface area contributed by atoms with Crippen LogP contribution in [0.3, 0.4) is 0 Å². The van der Waals surface area contributed by atoms with Crippen molar-refractivity contribution in [2.75, 3.05) is 6.54 Å². The van der Waals surface area contributed by atoms with E-state index in [1.54, 1.807) is 0 Å². The predicted molar refractivity (Wildman–Crippen MR) is 60.2 cm³/mol. The smallest absolute Gasteiger partial charge is 0.0866 e. The predicted octanol–water partition coefficient (Wildman–Crippen LogP) is 2.76. The highest BCUT2D eigenvalue weighted by Gasteiger charge is 2.31. The molecule has 0 bridgehead atoms. The Morgan fingerprint density at radius 1 is 1.20 bits per heavy atom. The van der Waals surface area contributed by atoms with Gasteiger partial charge in [-0.15, -0.1) is 0 Å². The fraction of sp³-hybridized carbons (Fsp3) is 0.727. The lowest BCUT2D eigenvalue weighted by Crippen LogP contribution is -2.27. The van der Waals surface area contributed by atoms with Crippen LogP contribution in [0.25, 0.3) is 0 Å². The first kappa shape index (κ1) is 9.67. The lowest BCUT2D eigenvalue weighted by atomic mass is 10.0. The zero-order valence-corrected chi connectivity index (χ0v) is 9.48. The molecule has 1 saturated carbocycles. The summed E-state index contributed by atoms with van der Waals surface area (Å²) < 4.78 is 0. The van der Waals surface area contributed by atoms with Crippen LogP contribution in [-0.4, -0.2) is 16.7 Å². The molecule has 1 aliphatic heterocycles. The maximum Gasteiger partial charge on any atom is 0.0866 e. The molecule has 4 heteroatoms. The van der Waals surface area contributed by atoms with Crippen molar-refractivity contribution in [3.05, 3.63) is 16.4 Å². The highest BCUT2D eigenvalue weighted by molar-refractivity contribution is 6.32. The van der Waals surface area contributed by atoms with Crippen LogP contribution in [0.1, 0.15) is 55.5 Å². The van der Waals surface area contributed by atoms with Gasteiger partial charge in [-0.1, -0.05) is 18.0 Å². The lowest BCUT2D eigenvalue weighted by Gasteiger charge is -2.22. The lowest BCUT2D eigenvalue weighted by molar-refractivity contribution is 0.405. The average Bonchev–Trinajstić information content (AvgIpc) is 3.04. The van der Waals surface area contributed by atoms with Gasteiger partial charge in [-0.2, -0.15) is 5.10 Å². The summed E-state index contributed by atoms with van der Waals surface area (Å²) in [7, 11) is 0. The van der Waals surface area contributed by atoms with Crippen molar-refractivity contribution in [2.45, 2.75) is 44.1 Å². The fourth-order valence-corrected chi connectivity index (χ4v) is 2.68. The molecule has 0 amide bonds. The molecule has 3 rings (SSSR count). The Balaban J connectivity index is 1.83. The molecule has 82 valence electrons. The molecule has 0 spiro atoms. The molecular weight excluding hydrogens is 210 g/mol. The minimum Gasteiger partial charge on any atom is -0.309 e. The van der Waals surface area contributed by atoms with Crippen molar-refractivity contribution in [2.24, 2.45) is 0 Å². The Hall–Kier alpha value is -0.540. The van der Waals surface area contributed by atoms with E-state index in [0.29, 0.717) is 12.0 Å². The normalized spacial score (nSPS) is 26.9. The first-order valence-corrected chi connectivity index (χ1v) is 6.21. The van der Waals surface area contributed by atoms with Crippen LogP contribution in [-0.2, 0) is 0 Å². The summed E-state index contributed by atoms with van der Waals surface area (Å²) in [5, 5.41) is 11.9. The zero-order chi connectivity index (χ0) is 10.3. The summed E-state index contributed by atoms with van der Waals surface area (Å²) in [6.45, 7) is 1.10. The highest BCUT2D eigenvalue weighted by Crippen LogP contribution is 2.44. The summed E-state index contributed by atoms with van der Waals surface area (Å²) in [4.78, 5) is 0. The first-order valence-electron chi connectivity index (χ1n) is 5.83. The second-order valence-corrected chi connectivity index (χ2v) is 4.99. The Bertz CT molecular complexity index is 351. The number of nitrogens with one attached hydrogen (secondary N) is 2. The van der Waals surface area contributed by atoms with E-state index in [4.69, 9.17) is 11.6 Å². The van der Waals surface area contributed by atoms with Gasteiger partial charge in [-0.3, -0.25) is 5.10 Å². The van der Waals surface area contributed by atoms with Crippen molar-refractivity contribution < 1.29 is 0 Å². The number of piperidine rings is 1. The van der Waals surface area contributed by atoms with E-state index in [-0.39, 0.29) is 0 Å². The van der Waals surface area contributed by atoms with E-state index in [1.165, 1.54) is 32.1 Å². The molecular formula is C11H16ClN3. The van der Waals surface area contributed by atoms with E-state index >= 15 is 0 Å². The number of aromatic amines is 1. The molecule has 1 aliphatic carbocycles. The fourth-order valence-electron chi connectivity index (χ4n) is 2.31. The zero-order valence-electron chi connectivity index (χ0n) is 8.72. The third-order valence-electron chi connectivity index (χ3n) is 3.38. The maximum atomic E-state index is 6.36. The van der Waals surface area contributed by atoms with Crippen LogP contribution in [0, 0.1) is 0 Å². The van der Waals surface area contributed by atoms with Crippen LogP contribution in [0.15, 0.2) is 0 Å². The van der Waals surface area contributed by atoms with Gasteiger partial charge in [0.05, 0.1) is 22.5 Å². The number of halogens is 1. The molecule has 1 unspecified atom stereocenters. The minimum atomic E-state index is 0.395. The first-order chi connectivity index (χ1) is 7.36. The molecule has 2 heterocycles. The standard InChI is InChI=1S/C11H16ClN3/c12-9-10(7-4-5-7)14-15-11(9)8-3-1-2-6-13-8/h7-8,13H,1-6H2,(H,14,15). The molecule has 1 aromatic rings. The quantitative estimate of drug-likeness (QED) is 0.813. The van der Waals surface area contributed by atoms with Gasteiger partial charge in [-0.05, 0) is 32.2 Å². The number of hydrogen-bond donors (Lipinski definition) is 2. The van der Waals surface area contributed by atoms with Gasteiger partial charge >= 0.3 is 0 Å². The van der Waals surface area contributed by atoms with Crippen molar-refractivity contribution in [1.29, 1.82) is 0 Å².